The van der Waals surface area contributed by atoms with E-state index in [2.05, 4.69) is 15.3 Å². The fraction of sp³-hybridized carbons (Fsp3) is 0.333. The van der Waals surface area contributed by atoms with Gasteiger partial charge in [0, 0.05) is 19.0 Å². The van der Waals surface area contributed by atoms with E-state index in [-0.39, 0.29) is 0 Å². The molecule has 3 N–H and O–H groups in total. The third-order valence-electron chi connectivity index (χ3n) is 2.45. The first-order valence-electron chi connectivity index (χ1n) is 5.77. The second-order valence-electron chi connectivity index (χ2n) is 3.78. The number of carboxylic acid groups (broad SMARTS) is 1. The van der Waals surface area contributed by atoms with Crippen LogP contribution in [0.25, 0.3) is 11.0 Å². The maximum atomic E-state index is 10.3. The number of rotatable bonds is 5. The summed E-state index contributed by atoms with van der Waals surface area (Å²) in [5, 5.41) is 10.8. The number of nitrogens with zero attached hydrogens (tertiary/aromatic N) is 1. The smallest absolute Gasteiger partial charge is 0.404 e. The predicted octanol–water partition coefficient (Wildman–Crippen LogP) is 1.77. The van der Waals surface area contributed by atoms with E-state index in [9.17, 15) is 4.79 Å². The highest BCUT2D eigenvalue weighted by molar-refractivity contribution is 5.76. The van der Waals surface area contributed by atoms with Crippen LogP contribution in [0.15, 0.2) is 18.2 Å². The molecule has 0 fully saturated rings. The van der Waals surface area contributed by atoms with E-state index in [1.807, 2.05) is 25.1 Å². The van der Waals surface area contributed by atoms with Gasteiger partial charge in [0.05, 0.1) is 17.6 Å². The van der Waals surface area contributed by atoms with Crippen molar-refractivity contribution in [2.75, 3.05) is 13.2 Å². The number of H-pyrrole nitrogens is 1. The molecule has 2 aromatic rings. The Kier molecular flexibility index (Phi) is 3.66. The third-order valence-corrected chi connectivity index (χ3v) is 2.45. The van der Waals surface area contributed by atoms with Gasteiger partial charge in [-0.1, -0.05) is 0 Å². The van der Waals surface area contributed by atoms with Crippen LogP contribution < -0.4 is 10.1 Å². The van der Waals surface area contributed by atoms with Gasteiger partial charge in [-0.15, -0.1) is 0 Å². The Morgan fingerprint density at radius 3 is 3.11 bits per heavy atom. The molecule has 96 valence electrons. The summed E-state index contributed by atoms with van der Waals surface area (Å²) in [6, 6.07) is 5.64. The highest BCUT2D eigenvalue weighted by Crippen LogP contribution is 2.19. The summed E-state index contributed by atoms with van der Waals surface area (Å²) in [5.74, 6) is 1.55. The Morgan fingerprint density at radius 1 is 1.56 bits per heavy atom. The molecule has 0 aliphatic heterocycles. The zero-order chi connectivity index (χ0) is 13.0. The number of ether oxygens (including phenoxy) is 1. The fourth-order valence-electron chi connectivity index (χ4n) is 1.70. The molecule has 0 saturated carbocycles. The third kappa shape index (κ3) is 2.91. The van der Waals surface area contributed by atoms with Crippen molar-refractivity contribution in [1.82, 2.24) is 15.3 Å². The normalized spacial score (nSPS) is 10.5. The van der Waals surface area contributed by atoms with Crippen molar-refractivity contribution in [2.24, 2.45) is 0 Å². The lowest BCUT2D eigenvalue weighted by Gasteiger charge is -2.00. The summed E-state index contributed by atoms with van der Waals surface area (Å²) in [6.07, 6.45) is -0.491. The average molecular weight is 249 g/mol. The number of fused-ring (bicyclic) bond motifs is 1. The molecule has 1 heterocycles. The molecule has 0 spiro atoms. The summed E-state index contributed by atoms with van der Waals surface area (Å²) in [4.78, 5) is 17.8. The minimum Gasteiger partial charge on any atom is -0.494 e. The minimum absolute atomic E-state index is 0.341. The van der Waals surface area contributed by atoms with E-state index in [1.54, 1.807) is 0 Å². The molecule has 1 aromatic heterocycles. The maximum Gasteiger partial charge on any atom is 0.404 e. The number of imidazole rings is 1. The number of nitrogens with one attached hydrogen (secondary N) is 2. The van der Waals surface area contributed by atoms with Crippen molar-refractivity contribution >= 4 is 17.1 Å². The van der Waals surface area contributed by atoms with Crippen LogP contribution in [0.2, 0.25) is 0 Å². The monoisotopic (exact) mass is 249 g/mol. The van der Waals surface area contributed by atoms with Crippen LogP contribution in [0.3, 0.4) is 0 Å². The fourth-order valence-corrected chi connectivity index (χ4v) is 1.70. The number of aromatic nitrogens is 2. The van der Waals surface area contributed by atoms with Crippen molar-refractivity contribution in [3.63, 3.8) is 0 Å². The van der Waals surface area contributed by atoms with E-state index >= 15 is 0 Å². The Labute approximate surface area is 104 Å². The zero-order valence-corrected chi connectivity index (χ0v) is 10.1. The van der Waals surface area contributed by atoms with Gasteiger partial charge in [0.25, 0.3) is 0 Å². The van der Waals surface area contributed by atoms with Gasteiger partial charge in [-0.3, -0.25) is 0 Å². The van der Waals surface area contributed by atoms with Gasteiger partial charge in [-0.2, -0.15) is 0 Å². The van der Waals surface area contributed by atoms with Gasteiger partial charge in [-0.25, -0.2) is 9.78 Å². The van der Waals surface area contributed by atoms with Crippen LogP contribution in [0.1, 0.15) is 12.7 Å². The number of amides is 1. The van der Waals surface area contributed by atoms with E-state index < -0.39 is 6.09 Å². The van der Waals surface area contributed by atoms with E-state index in [0.29, 0.717) is 19.6 Å². The van der Waals surface area contributed by atoms with Gasteiger partial charge in [0.1, 0.15) is 11.6 Å². The van der Waals surface area contributed by atoms with Crippen molar-refractivity contribution in [1.29, 1.82) is 0 Å². The molecule has 6 nitrogen and oxygen atoms in total. The Hall–Kier alpha value is -2.24. The molecule has 0 aliphatic rings. The average Bonchev–Trinajstić information content (AvgIpc) is 2.71. The van der Waals surface area contributed by atoms with Crippen molar-refractivity contribution in [2.45, 2.75) is 13.3 Å². The standard InChI is InChI=1S/C12H15N3O3/c1-2-18-8-3-4-9-10(7-8)15-11(14-9)5-6-13-12(16)17/h3-4,7,13H,2,5-6H2,1H3,(H,14,15)(H,16,17). The van der Waals surface area contributed by atoms with E-state index in [1.165, 1.54) is 0 Å². The van der Waals surface area contributed by atoms with Crippen molar-refractivity contribution < 1.29 is 14.6 Å². The Balaban J connectivity index is 2.09. The van der Waals surface area contributed by atoms with Crippen LogP contribution in [-0.2, 0) is 6.42 Å². The van der Waals surface area contributed by atoms with Gasteiger partial charge in [0.15, 0.2) is 0 Å². The number of aromatic amines is 1. The number of benzene rings is 1. The quantitative estimate of drug-likeness (QED) is 0.753. The number of hydrogen-bond acceptors (Lipinski definition) is 3. The van der Waals surface area contributed by atoms with Gasteiger partial charge in [0.2, 0.25) is 0 Å². The summed E-state index contributed by atoms with van der Waals surface area (Å²) >= 11 is 0. The first-order chi connectivity index (χ1) is 8.69. The molecule has 2 rings (SSSR count). The lowest BCUT2D eigenvalue weighted by molar-refractivity contribution is 0.194. The highest BCUT2D eigenvalue weighted by Gasteiger charge is 2.04. The topological polar surface area (TPSA) is 87.2 Å². The van der Waals surface area contributed by atoms with Gasteiger partial charge in [-0.05, 0) is 19.1 Å². The van der Waals surface area contributed by atoms with Crippen LogP contribution in [0.4, 0.5) is 4.79 Å². The van der Waals surface area contributed by atoms with Crippen LogP contribution >= 0.6 is 0 Å². The van der Waals surface area contributed by atoms with Crippen LogP contribution in [-0.4, -0.2) is 34.3 Å². The molecular formula is C12H15N3O3. The van der Waals surface area contributed by atoms with Gasteiger partial charge >= 0.3 is 6.09 Å². The predicted molar refractivity (Wildman–Crippen MR) is 67.0 cm³/mol. The van der Waals surface area contributed by atoms with Crippen LogP contribution in [0, 0.1) is 0 Å². The van der Waals surface area contributed by atoms with E-state index in [4.69, 9.17) is 9.84 Å². The molecule has 0 radical (unpaired) electrons. The molecule has 1 aromatic carbocycles. The molecule has 0 unspecified atom stereocenters. The lowest BCUT2D eigenvalue weighted by atomic mass is 10.3. The second kappa shape index (κ2) is 5.39. The molecular weight excluding hydrogens is 234 g/mol. The first-order valence-corrected chi connectivity index (χ1v) is 5.77. The number of carbonyl (C=O) groups is 1. The molecule has 0 atom stereocenters. The molecule has 0 saturated heterocycles. The van der Waals surface area contributed by atoms with Crippen molar-refractivity contribution in [3.05, 3.63) is 24.0 Å². The molecule has 1 amide bonds. The SMILES string of the molecule is CCOc1ccc2nc(CCNC(=O)O)[nH]c2c1. The largest absolute Gasteiger partial charge is 0.494 e. The number of hydrogen-bond donors (Lipinski definition) is 3. The zero-order valence-electron chi connectivity index (χ0n) is 10.1. The lowest BCUT2D eigenvalue weighted by Crippen LogP contribution is -2.23. The second-order valence-corrected chi connectivity index (χ2v) is 3.78. The molecule has 0 aliphatic carbocycles. The summed E-state index contributed by atoms with van der Waals surface area (Å²) < 4.78 is 5.40. The molecule has 18 heavy (non-hydrogen) atoms. The summed E-state index contributed by atoms with van der Waals surface area (Å²) in [5.41, 5.74) is 1.75. The summed E-state index contributed by atoms with van der Waals surface area (Å²) in [6.45, 7) is 2.89. The molecule has 6 heteroatoms. The maximum absolute atomic E-state index is 10.3. The van der Waals surface area contributed by atoms with Gasteiger partial charge < -0.3 is 20.1 Å². The first kappa shape index (κ1) is 12.2. The Bertz CT molecular complexity index is 550. The summed E-state index contributed by atoms with van der Waals surface area (Å²) in [7, 11) is 0. The Morgan fingerprint density at radius 2 is 2.39 bits per heavy atom. The molecule has 0 bridgehead atoms. The minimum atomic E-state index is -1.02. The highest BCUT2D eigenvalue weighted by atomic mass is 16.5. The van der Waals surface area contributed by atoms with Crippen molar-refractivity contribution in [3.8, 4) is 5.75 Å². The van der Waals surface area contributed by atoms with Crippen LogP contribution in [0.5, 0.6) is 5.75 Å². The van der Waals surface area contributed by atoms with E-state index in [0.717, 1.165) is 22.6 Å².